The van der Waals surface area contributed by atoms with E-state index in [4.69, 9.17) is 21.7 Å². The smallest absolute Gasteiger partial charge is 0.337 e. The summed E-state index contributed by atoms with van der Waals surface area (Å²) in [6, 6.07) is 22.6. The van der Waals surface area contributed by atoms with Crippen molar-refractivity contribution in [1.82, 2.24) is 0 Å². The SMILES string of the molecule is CCCCN(C)c1ccc(C(=O)OC)cc1NC(=S)Nc1ccc(Oc2ccccc2)cc1. The van der Waals surface area contributed by atoms with Crippen molar-refractivity contribution in [2.45, 2.75) is 19.8 Å². The van der Waals surface area contributed by atoms with Crippen LogP contribution in [0.2, 0.25) is 0 Å². The summed E-state index contributed by atoms with van der Waals surface area (Å²) in [7, 11) is 3.39. The van der Waals surface area contributed by atoms with Gasteiger partial charge in [0.1, 0.15) is 11.5 Å². The number of methoxy groups -OCH3 is 1. The first kappa shape index (κ1) is 24.1. The topological polar surface area (TPSA) is 62.8 Å². The fraction of sp³-hybridized carbons (Fsp3) is 0.231. The second-order valence-corrected chi connectivity index (χ2v) is 7.93. The highest BCUT2D eigenvalue weighted by Gasteiger charge is 2.14. The fourth-order valence-corrected chi connectivity index (χ4v) is 3.47. The van der Waals surface area contributed by atoms with Crippen LogP contribution in [0.4, 0.5) is 17.1 Å². The number of hydrogen-bond acceptors (Lipinski definition) is 5. The molecule has 3 aromatic rings. The maximum Gasteiger partial charge on any atom is 0.337 e. The Kier molecular flexibility index (Phi) is 8.66. The number of nitrogens with zero attached hydrogens (tertiary/aromatic N) is 1. The number of unbranched alkanes of at least 4 members (excludes halogenated alkanes) is 1. The van der Waals surface area contributed by atoms with Crippen molar-refractivity contribution in [2.75, 3.05) is 36.2 Å². The molecule has 2 N–H and O–H groups in total. The lowest BCUT2D eigenvalue weighted by Gasteiger charge is -2.24. The third-order valence-corrected chi connectivity index (χ3v) is 5.22. The third-order valence-electron chi connectivity index (χ3n) is 5.02. The van der Waals surface area contributed by atoms with Gasteiger partial charge in [0, 0.05) is 19.3 Å². The molecule has 0 unspecified atom stereocenters. The van der Waals surface area contributed by atoms with Gasteiger partial charge in [-0.1, -0.05) is 31.5 Å². The third kappa shape index (κ3) is 6.95. The lowest BCUT2D eigenvalue weighted by molar-refractivity contribution is 0.0601. The molecule has 0 radical (unpaired) electrons. The van der Waals surface area contributed by atoms with Crippen LogP contribution in [0.1, 0.15) is 30.1 Å². The quantitative estimate of drug-likeness (QED) is 0.285. The summed E-state index contributed by atoms with van der Waals surface area (Å²) in [5.74, 6) is 1.12. The van der Waals surface area contributed by atoms with Gasteiger partial charge < -0.3 is 25.0 Å². The Morgan fingerprint density at radius 2 is 1.67 bits per heavy atom. The van der Waals surface area contributed by atoms with E-state index in [1.807, 2.05) is 67.7 Å². The van der Waals surface area contributed by atoms with Gasteiger partial charge in [0.15, 0.2) is 5.11 Å². The molecule has 172 valence electrons. The fourth-order valence-electron chi connectivity index (χ4n) is 3.25. The summed E-state index contributed by atoms with van der Waals surface area (Å²) in [4.78, 5) is 14.2. The number of anilines is 3. The normalized spacial score (nSPS) is 10.3. The first-order valence-electron chi connectivity index (χ1n) is 10.8. The molecule has 3 rings (SSSR count). The number of carbonyl (C=O) groups excluding carboxylic acids is 1. The molecule has 0 spiro atoms. The Labute approximate surface area is 200 Å². The first-order chi connectivity index (χ1) is 16.0. The zero-order valence-electron chi connectivity index (χ0n) is 19.1. The second kappa shape index (κ2) is 11.9. The number of ether oxygens (including phenoxy) is 2. The van der Waals surface area contributed by atoms with Crippen LogP contribution in [-0.2, 0) is 4.74 Å². The number of thiocarbonyl (C=S) groups is 1. The predicted molar refractivity (Wildman–Crippen MR) is 139 cm³/mol. The van der Waals surface area contributed by atoms with Gasteiger partial charge in [0.25, 0.3) is 0 Å². The average Bonchev–Trinajstić information content (AvgIpc) is 2.83. The van der Waals surface area contributed by atoms with Crippen molar-refractivity contribution in [3.63, 3.8) is 0 Å². The van der Waals surface area contributed by atoms with Crippen LogP contribution in [-0.4, -0.2) is 31.8 Å². The van der Waals surface area contributed by atoms with Gasteiger partial charge in [-0.3, -0.25) is 0 Å². The highest BCUT2D eigenvalue weighted by atomic mass is 32.1. The molecule has 0 aliphatic carbocycles. The largest absolute Gasteiger partial charge is 0.465 e. The highest BCUT2D eigenvalue weighted by molar-refractivity contribution is 7.80. The van der Waals surface area contributed by atoms with Crippen molar-refractivity contribution in [3.05, 3.63) is 78.4 Å². The highest BCUT2D eigenvalue weighted by Crippen LogP contribution is 2.28. The summed E-state index contributed by atoms with van der Waals surface area (Å²) in [6.07, 6.45) is 2.16. The van der Waals surface area contributed by atoms with Gasteiger partial charge in [-0.25, -0.2) is 4.79 Å². The zero-order chi connectivity index (χ0) is 23.6. The molecule has 0 aliphatic heterocycles. The van der Waals surface area contributed by atoms with E-state index in [-0.39, 0.29) is 0 Å². The summed E-state index contributed by atoms with van der Waals surface area (Å²) < 4.78 is 10.7. The molecular formula is C26H29N3O3S. The summed E-state index contributed by atoms with van der Waals surface area (Å²) in [5, 5.41) is 6.83. The van der Waals surface area contributed by atoms with E-state index < -0.39 is 5.97 Å². The Balaban J connectivity index is 1.70. The number of nitrogens with one attached hydrogen (secondary N) is 2. The van der Waals surface area contributed by atoms with Crippen molar-refractivity contribution in [2.24, 2.45) is 0 Å². The lowest BCUT2D eigenvalue weighted by atomic mass is 10.1. The minimum Gasteiger partial charge on any atom is -0.465 e. The molecule has 0 bridgehead atoms. The maximum atomic E-state index is 12.0. The van der Waals surface area contributed by atoms with E-state index in [0.29, 0.717) is 10.7 Å². The molecule has 6 nitrogen and oxygen atoms in total. The first-order valence-corrected chi connectivity index (χ1v) is 11.3. The van der Waals surface area contributed by atoms with Crippen LogP contribution < -0.4 is 20.3 Å². The molecule has 3 aromatic carbocycles. The minimum absolute atomic E-state index is 0.395. The Hall–Kier alpha value is -3.58. The van der Waals surface area contributed by atoms with Gasteiger partial charge in [-0.2, -0.15) is 0 Å². The predicted octanol–water partition coefficient (Wildman–Crippen LogP) is 6.31. The number of hydrogen-bond donors (Lipinski definition) is 2. The number of esters is 1. The number of benzene rings is 3. The Morgan fingerprint density at radius 3 is 2.33 bits per heavy atom. The maximum absolute atomic E-state index is 12.0. The summed E-state index contributed by atoms with van der Waals surface area (Å²) in [5.41, 5.74) is 2.96. The molecule has 0 aliphatic rings. The van der Waals surface area contributed by atoms with Crippen LogP contribution in [0, 0.1) is 0 Å². The van der Waals surface area contributed by atoms with Crippen molar-refractivity contribution >= 4 is 40.4 Å². The molecule has 0 saturated heterocycles. The van der Waals surface area contributed by atoms with E-state index in [1.54, 1.807) is 12.1 Å². The molecule has 0 aromatic heterocycles. The molecule has 0 heterocycles. The van der Waals surface area contributed by atoms with E-state index >= 15 is 0 Å². The van der Waals surface area contributed by atoms with E-state index in [0.717, 1.165) is 47.9 Å². The van der Waals surface area contributed by atoms with Crippen LogP contribution >= 0.6 is 12.2 Å². The van der Waals surface area contributed by atoms with Crippen LogP contribution in [0.5, 0.6) is 11.5 Å². The van der Waals surface area contributed by atoms with E-state index in [1.165, 1.54) is 7.11 Å². The van der Waals surface area contributed by atoms with E-state index in [2.05, 4.69) is 22.5 Å². The number of rotatable bonds is 9. The van der Waals surface area contributed by atoms with Crippen LogP contribution in [0.25, 0.3) is 0 Å². The number of carbonyl (C=O) groups is 1. The van der Waals surface area contributed by atoms with Crippen molar-refractivity contribution < 1.29 is 14.3 Å². The van der Waals surface area contributed by atoms with Gasteiger partial charge in [-0.15, -0.1) is 0 Å². The van der Waals surface area contributed by atoms with Gasteiger partial charge in [0.05, 0.1) is 24.0 Å². The molecule has 33 heavy (non-hydrogen) atoms. The summed E-state index contributed by atoms with van der Waals surface area (Å²) >= 11 is 5.54. The van der Waals surface area contributed by atoms with Gasteiger partial charge in [0.2, 0.25) is 0 Å². The van der Waals surface area contributed by atoms with Crippen LogP contribution in [0.15, 0.2) is 72.8 Å². The Bertz CT molecular complexity index is 1070. The van der Waals surface area contributed by atoms with Crippen molar-refractivity contribution in [3.8, 4) is 11.5 Å². The standard InChI is InChI=1S/C26H29N3O3S/c1-4-5-17-29(2)24-16-11-19(25(30)31-3)18-23(24)28-26(33)27-20-12-14-22(15-13-20)32-21-9-7-6-8-10-21/h6-16,18H,4-5,17H2,1-3H3,(H2,27,28,33). The molecule has 0 saturated carbocycles. The van der Waals surface area contributed by atoms with Gasteiger partial charge in [-0.05, 0) is 73.2 Å². The van der Waals surface area contributed by atoms with Gasteiger partial charge >= 0.3 is 5.97 Å². The molecule has 7 heteroatoms. The Morgan fingerprint density at radius 1 is 0.970 bits per heavy atom. The lowest BCUT2D eigenvalue weighted by Crippen LogP contribution is -2.24. The minimum atomic E-state index is -0.395. The second-order valence-electron chi connectivity index (χ2n) is 7.52. The molecule has 0 amide bonds. The van der Waals surface area contributed by atoms with E-state index in [9.17, 15) is 4.79 Å². The average molecular weight is 464 g/mol. The monoisotopic (exact) mass is 463 g/mol. The molecular weight excluding hydrogens is 434 g/mol. The zero-order valence-corrected chi connectivity index (χ0v) is 19.9. The summed E-state index contributed by atoms with van der Waals surface area (Å²) in [6.45, 7) is 3.05. The number of para-hydroxylation sites is 1. The molecule has 0 atom stereocenters. The van der Waals surface area contributed by atoms with Crippen LogP contribution in [0.3, 0.4) is 0 Å². The van der Waals surface area contributed by atoms with Crippen molar-refractivity contribution in [1.29, 1.82) is 0 Å². The molecule has 0 fully saturated rings.